The van der Waals surface area contributed by atoms with Crippen LogP contribution in [0.2, 0.25) is 0 Å². The van der Waals surface area contributed by atoms with Crippen molar-refractivity contribution in [1.29, 1.82) is 0 Å². The number of nitrogens with zero attached hydrogens (tertiary/aromatic N) is 2. The Kier molecular flexibility index (Phi) is 3.56. The number of nitrogens with one attached hydrogen (secondary N) is 1. The van der Waals surface area contributed by atoms with Crippen molar-refractivity contribution in [2.45, 2.75) is 6.54 Å². The highest BCUT2D eigenvalue weighted by Crippen LogP contribution is 2.09. The van der Waals surface area contributed by atoms with E-state index in [4.69, 9.17) is 5.11 Å². The van der Waals surface area contributed by atoms with E-state index in [1.165, 1.54) is 35.1 Å². The van der Waals surface area contributed by atoms with E-state index in [9.17, 15) is 14.0 Å². The van der Waals surface area contributed by atoms with Crippen LogP contribution in [0.15, 0.2) is 36.5 Å². The number of anilines is 1. The van der Waals surface area contributed by atoms with Crippen LogP contribution in [0.5, 0.6) is 0 Å². The van der Waals surface area contributed by atoms with E-state index in [1.54, 1.807) is 6.07 Å². The molecule has 0 saturated carbocycles. The molecule has 0 spiro atoms. The van der Waals surface area contributed by atoms with Gasteiger partial charge in [-0.15, -0.1) is 0 Å². The molecule has 0 aliphatic heterocycles. The first kappa shape index (κ1) is 12.7. The lowest BCUT2D eigenvalue weighted by atomic mass is 10.3. The van der Waals surface area contributed by atoms with E-state index in [-0.39, 0.29) is 12.2 Å². The zero-order valence-electron chi connectivity index (χ0n) is 9.71. The third kappa shape index (κ3) is 3.38. The maximum atomic E-state index is 12.9. The molecule has 2 rings (SSSR count). The van der Waals surface area contributed by atoms with Crippen molar-refractivity contribution in [3.05, 3.63) is 48.0 Å². The fraction of sp³-hybridized carbons (Fsp3) is 0.0833. The smallest absolute Gasteiger partial charge is 0.356 e. The van der Waals surface area contributed by atoms with Gasteiger partial charge in [0, 0.05) is 11.9 Å². The fourth-order valence-electron chi connectivity index (χ4n) is 1.48. The van der Waals surface area contributed by atoms with Crippen molar-refractivity contribution in [2.24, 2.45) is 0 Å². The second-order valence-corrected chi connectivity index (χ2v) is 3.76. The van der Waals surface area contributed by atoms with Crippen LogP contribution >= 0.6 is 0 Å². The van der Waals surface area contributed by atoms with Gasteiger partial charge in [0.2, 0.25) is 5.91 Å². The lowest BCUT2D eigenvalue weighted by Gasteiger charge is -2.05. The van der Waals surface area contributed by atoms with Crippen LogP contribution in [0.25, 0.3) is 0 Å². The van der Waals surface area contributed by atoms with Crippen LogP contribution in [-0.2, 0) is 11.3 Å². The van der Waals surface area contributed by atoms with E-state index < -0.39 is 17.7 Å². The standard InChI is InChI=1S/C12H10FN3O3/c13-8-2-1-3-9(6-8)14-11(17)7-16-5-4-10(15-16)12(18)19/h1-6H,7H2,(H,14,17)(H,18,19). The lowest BCUT2D eigenvalue weighted by molar-refractivity contribution is -0.116. The van der Waals surface area contributed by atoms with Gasteiger partial charge in [-0.2, -0.15) is 5.10 Å². The van der Waals surface area contributed by atoms with Crippen LogP contribution < -0.4 is 5.32 Å². The number of hydrogen-bond donors (Lipinski definition) is 2. The highest BCUT2D eigenvalue weighted by molar-refractivity contribution is 5.90. The number of carbonyl (C=O) groups excluding carboxylic acids is 1. The third-order valence-corrected chi connectivity index (χ3v) is 2.27. The van der Waals surface area contributed by atoms with Gasteiger partial charge in [-0.05, 0) is 24.3 Å². The molecule has 7 heteroatoms. The molecule has 1 aromatic carbocycles. The number of aromatic nitrogens is 2. The van der Waals surface area contributed by atoms with Crippen LogP contribution in [-0.4, -0.2) is 26.8 Å². The van der Waals surface area contributed by atoms with Crippen LogP contribution in [0.1, 0.15) is 10.5 Å². The zero-order valence-corrected chi connectivity index (χ0v) is 9.71. The number of rotatable bonds is 4. The minimum atomic E-state index is -1.16. The Hall–Kier alpha value is -2.70. The first-order valence-electron chi connectivity index (χ1n) is 5.37. The Balaban J connectivity index is 1.99. The first-order chi connectivity index (χ1) is 9.04. The normalized spacial score (nSPS) is 10.2. The Morgan fingerprint density at radius 3 is 2.79 bits per heavy atom. The number of benzene rings is 1. The van der Waals surface area contributed by atoms with Crippen molar-refractivity contribution in [3.63, 3.8) is 0 Å². The zero-order chi connectivity index (χ0) is 13.8. The summed E-state index contributed by atoms with van der Waals surface area (Å²) in [5.41, 5.74) is 0.189. The molecule has 98 valence electrons. The summed E-state index contributed by atoms with van der Waals surface area (Å²) in [5, 5.41) is 14.9. The van der Waals surface area contributed by atoms with Gasteiger partial charge in [0.1, 0.15) is 12.4 Å². The summed E-state index contributed by atoms with van der Waals surface area (Å²) in [6.45, 7) is -0.149. The minimum Gasteiger partial charge on any atom is -0.476 e. The SMILES string of the molecule is O=C(Cn1ccc(C(=O)O)n1)Nc1cccc(F)c1. The number of carbonyl (C=O) groups is 2. The van der Waals surface area contributed by atoms with Gasteiger partial charge in [-0.1, -0.05) is 6.07 Å². The minimum absolute atomic E-state index is 0.140. The van der Waals surface area contributed by atoms with Crippen LogP contribution in [0.4, 0.5) is 10.1 Å². The average molecular weight is 263 g/mol. The van der Waals surface area contributed by atoms with Crippen LogP contribution in [0, 0.1) is 5.82 Å². The van der Waals surface area contributed by atoms with Gasteiger partial charge in [0.25, 0.3) is 0 Å². The molecule has 0 fully saturated rings. The number of carboxylic acid groups (broad SMARTS) is 1. The molecule has 0 bridgehead atoms. The van der Waals surface area contributed by atoms with E-state index in [2.05, 4.69) is 10.4 Å². The lowest BCUT2D eigenvalue weighted by Crippen LogP contribution is -2.19. The van der Waals surface area contributed by atoms with Crippen molar-refractivity contribution in [3.8, 4) is 0 Å². The Morgan fingerprint density at radius 2 is 2.16 bits per heavy atom. The van der Waals surface area contributed by atoms with E-state index in [1.807, 2.05) is 0 Å². The summed E-state index contributed by atoms with van der Waals surface area (Å²) in [7, 11) is 0. The Bertz CT molecular complexity index is 624. The molecule has 0 atom stereocenters. The number of amides is 1. The number of hydrogen-bond acceptors (Lipinski definition) is 3. The highest BCUT2D eigenvalue weighted by atomic mass is 19.1. The second-order valence-electron chi connectivity index (χ2n) is 3.76. The maximum Gasteiger partial charge on any atom is 0.356 e. The predicted octanol–water partition coefficient (Wildman–Crippen LogP) is 1.36. The molecule has 19 heavy (non-hydrogen) atoms. The highest BCUT2D eigenvalue weighted by Gasteiger charge is 2.09. The maximum absolute atomic E-state index is 12.9. The van der Waals surface area contributed by atoms with E-state index >= 15 is 0 Å². The predicted molar refractivity (Wildman–Crippen MR) is 64.2 cm³/mol. The summed E-state index contributed by atoms with van der Waals surface area (Å²) >= 11 is 0. The van der Waals surface area contributed by atoms with Gasteiger partial charge in [-0.25, -0.2) is 9.18 Å². The van der Waals surface area contributed by atoms with Gasteiger partial charge >= 0.3 is 5.97 Å². The van der Waals surface area contributed by atoms with Crippen molar-refractivity contribution < 1.29 is 19.1 Å². The van der Waals surface area contributed by atoms with Crippen molar-refractivity contribution in [2.75, 3.05) is 5.32 Å². The summed E-state index contributed by atoms with van der Waals surface area (Å²) in [5.74, 6) is -2.04. The molecule has 0 radical (unpaired) electrons. The molecule has 0 saturated heterocycles. The molecule has 1 amide bonds. The number of halogens is 1. The molecule has 0 unspecified atom stereocenters. The molecule has 1 heterocycles. The molecule has 6 nitrogen and oxygen atoms in total. The largest absolute Gasteiger partial charge is 0.476 e. The van der Waals surface area contributed by atoms with Crippen molar-refractivity contribution >= 4 is 17.6 Å². The topological polar surface area (TPSA) is 84.2 Å². The number of aromatic carboxylic acids is 1. The van der Waals surface area contributed by atoms with Gasteiger partial charge in [-0.3, -0.25) is 9.48 Å². The second kappa shape index (κ2) is 5.30. The molecule has 0 aliphatic rings. The molecular formula is C12H10FN3O3. The van der Waals surface area contributed by atoms with E-state index in [0.29, 0.717) is 5.69 Å². The fourth-order valence-corrected chi connectivity index (χ4v) is 1.48. The van der Waals surface area contributed by atoms with Crippen molar-refractivity contribution in [1.82, 2.24) is 9.78 Å². The molecule has 2 aromatic rings. The molecular weight excluding hydrogens is 253 g/mol. The summed E-state index contributed by atoms with van der Waals surface area (Å²) < 4.78 is 14.1. The molecule has 1 aromatic heterocycles. The first-order valence-corrected chi connectivity index (χ1v) is 5.37. The average Bonchev–Trinajstić information content (AvgIpc) is 2.77. The van der Waals surface area contributed by atoms with Gasteiger partial charge in [0.05, 0.1) is 0 Å². The van der Waals surface area contributed by atoms with Gasteiger partial charge < -0.3 is 10.4 Å². The molecule has 2 N–H and O–H groups in total. The quantitative estimate of drug-likeness (QED) is 0.872. The Labute approximate surface area is 107 Å². The monoisotopic (exact) mass is 263 g/mol. The van der Waals surface area contributed by atoms with E-state index in [0.717, 1.165) is 0 Å². The third-order valence-electron chi connectivity index (χ3n) is 2.27. The summed E-state index contributed by atoms with van der Waals surface area (Å²) in [6.07, 6.45) is 1.38. The van der Waals surface area contributed by atoms with Gasteiger partial charge in [0.15, 0.2) is 5.69 Å². The summed E-state index contributed by atoms with van der Waals surface area (Å²) in [6, 6.07) is 6.76. The summed E-state index contributed by atoms with van der Waals surface area (Å²) in [4.78, 5) is 22.2. The van der Waals surface area contributed by atoms with Crippen LogP contribution in [0.3, 0.4) is 0 Å². The Morgan fingerprint density at radius 1 is 1.37 bits per heavy atom. The molecule has 0 aliphatic carbocycles. The number of carboxylic acids is 1.